The monoisotopic (exact) mass is 285 g/mol. The van der Waals surface area contributed by atoms with Gasteiger partial charge in [0.05, 0.1) is 13.4 Å². The Bertz CT molecular complexity index is 577. The Morgan fingerprint density at radius 1 is 1.38 bits per heavy atom. The van der Waals surface area contributed by atoms with E-state index in [1.807, 2.05) is 12.1 Å². The van der Waals surface area contributed by atoms with Crippen LogP contribution >= 0.6 is 0 Å². The van der Waals surface area contributed by atoms with Gasteiger partial charge in [-0.1, -0.05) is 6.07 Å². The van der Waals surface area contributed by atoms with Gasteiger partial charge in [0.25, 0.3) is 0 Å². The normalized spacial score (nSPS) is 19.0. The number of benzene rings is 1. The molecular formula is C18H23NO2. The van der Waals surface area contributed by atoms with Crippen LogP contribution in [-0.4, -0.2) is 13.2 Å². The van der Waals surface area contributed by atoms with Gasteiger partial charge in [0.1, 0.15) is 11.5 Å². The van der Waals surface area contributed by atoms with Crippen molar-refractivity contribution in [3.05, 3.63) is 53.5 Å². The fourth-order valence-electron chi connectivity index (χ4n) is 3.22. The highest BCUT2D eigenvalue weighted by molar-refractivity contribution is 5.39. The summed E-state index contributed by atoms with van der Waals surface area (Å²) in [6.07, 6.45) is 6.24. The van der Waals surface area contributed by atoms with Crippen LogP contribution in [0.2, 0.25) is 0 Å². The number of hydrogen-bond acceptors (Lipinski definition) is 3. The molecular weight excluding hydrogens is 262 g/mol. The molecule has 2 atom stereocenters. The molecule has 1 heterocycles. The molecule has 1 N–H and O–H groups in total. The first-order valence-corrected chi connectivity index (χ1v) is 7.71. The third-order valence-electron chi connectivity index (χ3n) is 4.24. The second kappa shape index (κ2) is 6.35. The minimum absolute atomic E-state index is 0.397. The topological polar surface area (TPSA) is 34.4 Å². The summed E-state index contributed by atoms with van der Waals surface area (Å²) >= 11 is 0. The molecule has 0 spiro atoms. The Morgan fingerprint density at radius 3 is 3.05 bits per heavy atom. The average Bonchev–Trinajstić information content (AvgIpc) is 2.99. The summed E-state index contributed by atoms with van der Waals surface area (Å²) in [7, 11) is 1.73. The van der Waals surface area contributed by atoms with E-state index in [-0.39, 0.29) is 0 Å². The minimum Gasteiger partial charge on any atom is -0.497 e. The van der Waals surface area contributed by atoms with Crippen LogP contribution in [0.1, 0.15) is 42.7 Å². The second-order valence-electron chi connectivity index (χ2n) is 5.86. The molecule has 0 saturated heterocycles. The van der Waals surface area contributed by atoms with Crippen LogP contribution in [-0.2, 0) is 12.8 Å². The highest BCUT2D eigenvalue weighted by atomic mass is 16.5. The Balaban J connectivity index is 1.70. The van der Waals surface area contributed by atoms with Crippen molar-refractivity contribution in [2.45, 2.75) is 44.7 Å². The molecule has 0 fully saturated rings. The van der Waals surface area contributed by atoms with Crippen LogP contribution in [0.4, 0.5) is 0 Å². The summed E-state index contributed by atoms with van der Waals surface area (Å²) in [6.45, 7) is 2.22. The lowest BCUT2D eigenvalue weighted by atomic mass is 9.87. The standard InChI is InChI=1S/C18H23NO2/c1-13(11-16-6-4-10-21-16)19-18-7-3-5-14-12-15(20-2)8-9-17(14)18/h4,6,8-10,12-13,18-19H,3,5,7,11H2,1-2H3. The molecule has 1 aromatic carbocycles. The summed E-state index contributed by atoms with van der Waals surface area (Å²) in [6, 6.07) is 11.3. The van der Waals surface area contributed by atoms with E-state index >= 15 is 0 Å². The van der Waals surface area contributed by atoms with Crippen molar-refractivity contribution in [2.24, 2.45) is 0 Å². The third kappa shape index (κ3) is 3.30. The van der Waals surface area contributed by atoms with Gasteiger partial charge in [0.15, 0.2) is 0 Å². The van der Waals surface area contributed by atoms with Crippen LogP contribution in [0.5, 0.6) is 5.75 Å². The molecule has 0 aliphatic heterocycles. The number of rotatable bonds is 5. The second-order valence-corrected chi connectivity index (χ2v) is 5.86. The lowest BCUT2D eigenvalue weighted by Crippen LogP contribution is -2.34. The van der Waals surface area contributed by atoms with Gasteiger partial charge in [-0.25, -0.2) is 0 Å². The van der Waals surface area contributed by atoms with Gasteiger partial charge in [-0.3, -0.25) is 0 Å². The van der Waals surface area contributed by atoms with Crippen molar-refractivity contribution in [1.29, 1.82) is 0 Å². The molecule has 0 bridgehead atoms. The van der Waals surface area contributed by atoms with Crippen molar-refractivity contribution in [3.8, 4) is 5.75 Å². The number of hydrogen-bond donors (Lipinski definition) is 1. The van der Waals surface area contributed by atoms with Crippen LogP contribution in [0, 0.1) is 0 Å². The van der Waals surface area contributed by atoms with Crippen LogP contribution in [0.25, 0.3) is 0 Å². The summed E-state index contributed by atoms with van der Waals surface area (Å²) in [5, 5.41) is 3.75. The van der Waals surface area contributed by atoms with E-state index in [9.17, 15) is 0 Å². The highest BCUT2D eigenvalue weighted by Gasteiger charge is 2.22. The molecule has 3 heteroatoms. The van der Waals surface area contributed by atoms with E-state index in [0.29, 0.717) is 12.1 Å². The third-order valence-corrected chi connectivity index (χ3v) is 4.24. The summed E-state index contributed by atoms with van der Waals surface area (Å²) < 4.78 is 10.8. The van der Waals surface area contributed by atoms with Crippen LogP contribution in [0.3, 0.4) is 0 Å². The fourth-order valence-corrected chi connectivity index (χ4v) is 3.22. The van der Waals surface area contributed by atoms with Gasteiger partial charge in [-0.2, -0.15) is 0 Å². The summed E-state index contributed by atoms with van der Waals surface area (Å²) in [4.78, 5) is 0. The Labute approximate surface area is 126 Å². The van der Waals surface area contributed by atoms with Crippen LogP contribution in [0.15, 0.2) is 41.0 Å². The fraction of sp³-hybridized carbons (Fsp3) is 0.444. The lowest BCUT2D eigenvalue weighted by molar-refractivity contribution is 0.383. The smallest absolute Gasteiger partial charge is 0.119 e. The van der Waals surface area contributed by atoms with E-state index in [1.165, 1.54) is 24.0 Å². The van der Waals surface area contributed by atoms with E-state index in [1.54, 1.807) is 13.4 Å². The molecule has 21 heavy (non-hydrogen) atoms. The maximum Gasteiger partial charge on any atom is 0.119 e. The van der Waals surface area contributed by atoms with E-state index in [4.69, 9.17) is 9.15 Å². The molecule has 3 nitrogen and oxygen atoms in total. The molecule has 1 aliphatic rings. The quantitative estimate of drug-likeness (QED) is 0.905. The van der Waals surface area contributed by atoms with Crippen molar-refractivity contribution < 1.29 is 9.15 Å². The zero-order valence-corrected chi connectivity index (χ0v) is 12.8. The maximum atomic E-state index is 5.44. The van der Waals surface area contributed by atoms with Crippen molar-refractivity contribution >= 4 is 0 Å². The van der Waals surface area contributed by atoms with Gasteiger partial charge < -0.3 is 14.5 Å². The largest absolute Gasteiger partial charge is 0.497 e. The number of fused-ring (bicyclic) bond motifs is 1. The van der Waals surface area contributed by atoms with Gasteiger partial charge in [-0.05, 0) is 61.6 Å². The first kappa shape index (κ1) is 14.2. The molecule has 1 aliphatic carbocycles. The summed E-state index contributed by atoms with van der Waals surface area (Å²) in [5.41, 5.74) is 2.84. The predicted molar refractivity (Wildman–Crippen MR) is 83.7 cm³/mol. The SMILES string of the molecule is COc1ccc2c(c1)CCCC2NC(C)Cc1ccco1. The van der Waals surface area contributed by atoms with Gasteiger partial charge in [0, 0.05) is 18.5 Å². The lowest BCUT2D eigenvalue weighted by Gasteiger charge is -2.29. The van der Waals surface area contributed by atoms with Crippen molar-refractivity contribution in [2.75, 3.05) is 7.11 Å². The Kier molecular flexibility index (Phi) is 4.30. The predicted octanol–water partition coefficient (Wildman–Crippen LogP) is 3.89. The molecule has 3 rings (SSSR count). The molecule has 112 valence electrons. The molecule has 0 radical (unpaired) electrons. The first-order valence-electron chi connectivity index (χ1n) is 7.71. The summed E-state index contributed by atoms with van der Waals surface area (Å²) in [5.74, 6) is 2.00. The van der Waals surface area contributed by atoms with Gasteiger partial charge in [-0.15, -0.1) is 0 Å². The molecule has 2 aromatic rings. The number of furan rings is 1. The number of nitrogens with one attached hydrogen (secondary N) is 1. The van der Waals surface area contributed by atoms with E-state index in [2.05, 4.69) is 30.4 Å². The molecule has 0 saturated carbocycles. The van der Waals surface area contributed by atoms with E-state index < -0.39 is 0 Å². The first-order chi connectivity index (χ1) is 10.3. The molecule has 0 amide bonds. The minimum atomic E-state index is 0.397. The number of ether oxygens (including phenoxy) is 1. The Hall–Kier alpha value is -1.74. The van der Waals surface area contributed by atoms with Gasteiger partial charge in [0.2, 0.25) is 0 Å². The van der Waals surface area contributed by atoms with Crippen LogP contribution < -0.4 is 10.1 Å². The zero-order valence-electron chi connectivity index (χ0n) is 12.8. The Morgan fingerprint density at radius 2 is 2.29 bits per heavy atom. The average molecular weight is 285 g/mol. The number of methoxy groups -OCH3 is 1. The van der Waals surface area contributed by atoms with Gasteiger partial charge >= 0.3 is 0 Å². The number of aryl methyl sites for hydroxylation is 1. The molecule has 2 unspecified atom stereocenters. The van der Waals surface area contributed by atoms with Crippen molar-refractivity contribution in [3.63, 3.8) is 0 Å². The van der Waals surface area contributed by atoms with E-state index in [0.717, 1.165) is 24.4 Å². The van der Waals surface area contributed by atoms with Crippen molar-refractivity contribution in [1.82, 2.24) is 5.32 Å². The molecule has 1 aromatic heterocycles. The highest BCUT2D eigenvalue weighted by Crippen LogP contribution is 2.32. The maximum absolute atomic E-state index is 5.44. The zero-order chi connectivity index (χ0) is 14.7.